The largest absolute Gasteiger partial charge is 0.342 e. The Bertz CT molecular complexity index is 613. The summed E-state index contributed by atoms with van der Waals surface area (Å²) in [7, 11) is 0. The molecule has 0 aromatic carbocycles. The van der Waals surface area contributed by atoms with Gasteiger partial charge in [0.2, 0.25) is 0 Å². The van der Waals surface area contributed by atoms with Gasteiger partial charge in [0, 0.05) is 10.3 Å². The standard InChI is InChI=1S/C12H16N4O2S/c1-3-4-9-5-8(6-19-9)11(17)13-7(2)10-14-12(18)16-15-10/h5-7H,3-4H2,1-2H3,(H,13,17)(H2,14,15,16,18)/t7-/m1/s1. The van der Waals surface area contributed by atoms with Crippen molar-refractivity contribution < 1.29 is 4.79 Å². The maximum Gasteiger partial charge on any atom is 0.340 e. The molecule has 1 atom stereocenters. The van der Waals surface area contributed by atoms with E-state index in [-0.39, 0.29) is 17.6 Å². The minimum absolute atomic E-state index is 0.157. The molecule has 2 aromatic heterocycles. The van der Waals surface area contributed by atoms with E-state index >= 15 is 0 Å². The van der Waals surface area contributed by atoms with E-state index in [1.165, 1.54) is 4.88 Å². The molecule has 19 heavy (non-hydrogen) atoms. The van der Waals surface area contributed by atoms with Gasteiger partial charge in [-0.1, -0.05) is 13.3 Å². The van der Waals surface area contributed by atoms with Gasteiger partial charge in [0.05, 0.1) is 11.6 Å². The van der Waals surface area contributed by atoms with Crippen molar-refractivity contribution in [1.82, 2.24) is 20.5 Å². The van der Waals surface area contributed by atoms with Crippen LogP contribution in [0.1, 0.15) is 47.4 Å². The van der Waals surface area contributed by atoms with Gasteiger partial charge in [-0.05, 0) is 19.4 Å². The molecule has 0 aliphatic carbocycles. The zero-order valence-electron chi connectivity index (χ0n) is 10.8. The summed E-state index contributed by atoms with van der Waals surface area (Å²) in [6.07, 6.45) is 2.05. The first kappa shape index (κ1) is 13.5. The quantitative estimate of drug-likeness (QED) is 0.777. The molecule has 2 heterocycles. The Labute approximate surface area is 114 Å². The average Bonchev–Trinajstić information content (AvgIpc) is 2.98. The van der Waals surface area contributed by atoms with Crippen LogP contribution >= 0.6 is 11.3 Å². The lowest BCUT2D eigenvalue weighted by atomic mass is 10.2. The van der Waals surface area contributed by atoms with Crippen LogP contribution in [-0.2, 0) is 6.42 Å². The third-order valence-corrected chi connectivity index (χ3v) is 3.69. The molecule has 0 unspecified atom stereocenters. The first-order valence-corrected chi connectivity index (χ1v) is 7.01. The number of rotatable bonds is 5. The molecule has 102 valence electrons. The van der Waals surface area contributed by atoms with Gasteiger partial charge in [-0.2, -0.15) is 5.10 Å². The number of carbonyl (C=O) groups is 1. The highest BCUT2D eigenvalue weighted by Gasteiger charge is 2.15. The number of nitrogens with one attached hydrogen (secondary N) is 3. The number of hydrogen-bond donors (Lipinski definition) is 3. The lowest BCUT2D eigenvalue weighted by Crippen LogP contribution is -2.27. The topological polar surface area (TPSA) is 90.6 Å². The fourth-order valence-electron chi connectivity index (χ4n) is 1.71. The van der Waals surface area contributed by atoms with Gasteiger partial charge in [-0.3, -0.25) is 9.78 Å². The predicted molar refractivity (Wildman–Crippen MR) is 73.4 cm³/mol. The molecule has 0 saturated carbocycles. The van der Waals surface area contributed by atoms with E-state index in [9.17, 15) is 9.59 Å². The van der Waals surface area contributed by atoms with Crippen LogP contribution in [0.2, 0.25) is 0 Å². The van der Waals surface area contributed by atoms with Gasteiger partial charge in [-0.25, -0.2) is 9.89 Å². The first-order valence-electron chi connectivity index (χ1n) is 6.13. The predicted octanol–water partition coefficient (Wildman–Crippen LogP) is 1.60. The fourth-order valence-corrected chi connectivity index (χ4v) is 2.68. The number of aryl methyl sites for hydroxylation is 1. The minimum atomic E-state index is -0.378. The molecule has 0 saturated heterocycles. The van der Waals surface area contributed by atoms with Crippen LogP contribution in [0.4, 0.5) is 0 Å². The fraction of sp³-hybridized carbons (Fsp3) is 0.417. The second-order valence-electron chi connectivity index (χ2n) is 4.31. The number of aromatic nitrogens is 3. The van der Waals surface area contributed by atoms with Crippen LogP contribution in [0, 0.1) is 0 Å². The molecule has 7 heteroatoms. The summed E-state index contributed by atoms with van der Waals surface area (Å²) in [6.45, 7) is 3.87. The monoisotopic (exact) mass is 280 g/mol. The highest BCUT2D eigenvalue weighted by atomic mass is 32.1. The van der Waals surface area contributed by atoms with Gasteiger partial charge in [-0.15, -0.1) is 11.3 Å². The van der Waals surface area contributed by atoms with Crippen molar-refractivity contribution in [1.29, 1.82) is 0 Å². The van der Waals surface area contributed by atoms with Crippen molar-refractivity contribution in [2.75, 3.05) is 0 Å². The van der Waals surface area contributed by atoms with Gasteiger partial charge in [0.25, 0.3) is 5.91 Å². The summed E-state index contributed by atoms with van der Waals surface area (Å²) in [5.41, 5.74) is 0.273. The van der Waals surface area contributed by atoms with E-state index in [1.807, 2.05) is 11.4 Å². The van der Waals surface area contributed by atoms with Crippen molar-refractivity contribution in [3.8, 4) is 0 Å². The van der Waals surface area contributed by atoms with E-state index in [1.54, 1.807) is 18.3 Å². The molecule has 6 nitrogen and oxygen atoms in total. The second-order valence-corrected chi connectivity index (χ2v) is 5.31. The smallest absolute Gasteiger partial charge is 0.340 e. The van der Waals surface area contributed by atoms with Gasteiger partial charge in [0.1, 0.15) is 0 Å². The van der Waals surface area contributed by atoms with Crippen molar-refractivity contribution in [2.24, 2.45) is 0 Å². The summed E-state index contributed by atoms with van der Waals surface area (Å²) >= 11 is 1.59. The van der Waals surface area contributed by atoms with Crippen LogP contribution < -0.4 is 11.0 Å². The van der Waals surface area contributed by atoms with Crippen LogP contribution in [-0.4, -0.2) is 21.1 Å². The Balaban J connectivity index is 2.01. The number of hydrogen-bond acceptors (Lipinski definition) is 4. The Morgan fingerprint density at radius 2 is 2.37 bits per heavy atom. The zero-order valence-corrected chi connectivity index (χ0v) is 11.6. The van der Waals surface area contributed by atoms with Crippen molar-refractivity contribution >= 4 is 17.2 Å². The van der Waals surface area contributed by atoms with Crippen molar-refractivity contribution in [3.63, 3.8) is 0 Å². The van der Waals surface area contributed by atoms with E-state index in [0.717, 1.165) is 12.8 Å². The van der Waals surface area contributed by atoms with E-state index in [2.05, 4.69) is 27.4 Å². The zero-order chi connectivity index (χ0) is 13.8. The van der Waals surface area contributed by atoms with Gasteiger partial charge >= 0.3 is 5.69 Å². The Kier molecular flexibility index (Phi) is 4.16. The first-order chi connectivity index (χ1) is 9.10. The van der Waals surface area contributed by atoms with E-state index in [4.69, 9.17) is 0 Å². The maximum absolute atomic E-state index is 12.0. The maximum atomic E-state index is 12.0. The Hall–Kier alpha value is -1.89. The number of nitrogens with zero attached hydrogens (tertiary/aromatic N) is 1. The molecule has 0 aliphatic heterocycles. The van der Waals surface area contributed by atoms with Crippen LogP contribution in [0.5, 0.6) is 0 Å². The number of amides is 1. The Morgan fingerprint density at radius 3 is 3.00 bits per heavy atom. The molecule has 0 radical (unpaired) electrons. The summed E-state index contributed by atoms with van der Waals surface area (Å²) in [4.78, 5) is 26.7. The highest BCUT2D eigenvalue weighted by Crippen LogP contribution is 2.17. The lowest BCUT2D eigenvalue weighted by molar-refractivity contribution is 0.0938. The van der Waals surface area contributed by atoms with Crippen LogP contribution in [0.25, 0.3) is 0 Å². The van der Waals surface area contributed by atoms with Crippen molar-refractivity contribution in [3.05, 3.63) is 38.2 Å². The third kappa shape index (κ3) is 3.31. The molecule has 3 N–H and O–H groups in total. The van der Waals surface area contributed by atoms with E-state index < -0.39 is 0 Å². The summed E-state index contributed by atoms with van der Waals surface area (Å²) in [5, 5.41) is 10.7. The number of aromatic amines is 2. The molecule has 2 rings (SSSR count). The molecular weight excluding hydrogens is 264 g/mol. The van der Waals surface area contributed by atoms with Crippen LogP contribution in [0.15, 0.2) is 16.2 Å². The minimum Gasteiger partial charge on any atom is -0.342 e. The summed E-state index contributed by atoms with van der Waals surface area (Å²) in [5.74, 6) is 0.261. The SMILES string of the molecule is CCCc1cc(C(=O)N[C@H](C)c2n[nH]c(=O)[nH]2)cs1. The third-order valence-electron chi connectivity index (χ3n) is 2.69. The van der Waals surface area contributed by atoms with Gasteiger partial charge in [0.15, 0.2) is 5.82 Å². The molecule has 2 aromatic rings. The molecule has 0 spiro atoms. The molecular formula is C12H16N4O2S. The van der Waals surface area contributed by atoms with Crippen molar-refractivity contribution in [2.45, 2.75) is 32.7 Å². The van der Waals surface area contributed by atoms with E-state index in [0.29, 0.717) is 11.4 Å². The van der Waals surface area contributed by atoms with Gasteiger partial charge < -0.3 is 5.32 Å². The normalized spacial score (nSPS) is 12.3. The molecule has 0 bridgehead atoms. The highest BCUT2D eigenvalue weighted by molar-refractivity contribution is 7.10. The number of thiophene rings is 1. The average molecular weight is 280 g/mol. The Morgan fingerprint density at radius 1 is 1.58 bits per heavy atom. The van der Waals surface area contributed by atoms with Crippen LogP contribution in [0.3, 0.4) is 0 Å². The number of H-pyrrole nitrogens is 2. The summed E-state index contributed by atoms with van der Waals surface area (Å²) in [6, 6.07) is 1.56. The molecule has 0 aliphatic rings. The molecule has 1 amide bonds. The lowest BCUT2D eigenvalue weighted by Gasteiger charge is -2.09. The number of carbonyl (C=O) groups excluding carboxylic acids is 1. The second kappa shape index (κ2) is 5.83. The molecule has 0 fully saturated rings. The summed E-state index contributed by atoms with van der Waals surface area (Å²) < 4.78 is 0.